The molecule has 2 aliphatic rings. The first-order chi connectivity index (χ1) is 63.3. The van der Waals surface area contributed by atoms with Gasteiger partial charge in [0.15, 0.2) is 17.3 Å². The molecule has 0 saturated heterocycles. The van der Waals surface area contributed by atoms with E-state index in [1.165, 1.54) is 48.8 Å². The molecule has 0 atom stereocenters. The van der Waals surface area contributed by atoms with Crippen LogP contribution in [0.4, 0.5) is 39.0 Å². The molecular weight excluding hydrogens is 1670 g/mol. The van der Waals surface area contributed by atoms with Crippen molar-refractivity contribution < 1.29 is 42.7 Å². The highest BCUT2D eigenvalue weighted by atomic mass is 35.5. The van der Waals surface area contributed by atoms with Crippen LogP contribution in [0, 0.1) is 12.7 Å². The Balaban J connectivity index is 0.000000187. The molecule has 7 aromatic carbocycles. The van der Waals surface area contributed by atoms with E-state index in [1.807, 2.05) is 170 Å². The summed E-state index contributed by atoms with van der Waals surface area (Å²) in [6.45, 7) is 8.73. The number of halogens is 2. The molecule has 4 N–H and O–H groups in total. The second-order valence-corrected chi connectivity index (χ2v) is 32.4. The topological polar surface area (TPSA) is 312 Å². The molecule has 26 heteroatoms. The molecule has 0 unspecified atom stereocenters. The second kappa shape index (κ2) is 53.4. The summed E-state index contributed by atoms with van der Waals surface area (Å²) in [5, 5.41) is 11.6. The van der Waals surface area contributed by atoms with E-state index in [2.05, 4.69) is 108 Å². The summed E-state index contributed by atoms with van der Waals surface area (Å²) < 4.78 is 19.1. The Bertz CT molecular complexity index is 5490. The molecule has 2 fully saturated rings. The first kappa shape index (κ1) is 101. The number of para-hydroxylation sites is 4. The van der Waals surface area contributed by atoms with Crippen LogP contribution in [0.25, 0.3) is 0 Å². The maximum Gasteiger partial charge on any atom is 0.254 e. The number of amides is 4. The second-order valence-electron chi connectivity index (χ2n) is 32.0. The lowest BCUT2D eigenvalue weighted by molar-refractivity contribution is -0.121. The minimum absolute atomic E-state index is 0. The van der Waals surface area contributed by atoms with Crippen molar-refractivity contribution >= 4 is 87.2 Å². The fourth-order valence-electron chi connectivity index (χ4n) is 15.1. The van der Waals surface area contributed by atoms with E-state index in [0.29, 0.717) is 96.4 Å². The number of unbranched alkanes of at least 4 members (excludes halogenated alkanes) is 6. The van der Waals surface area contributed by atoms with E-state index in [-0.39, 0.29) is 65.1 Å². The largest absolute Gasteiger partial charge is 0.496 e. The first-order valence-electron chi connectivity index (χ1n) is 44.9. The van der Waals surface area contributed by atoms with Crippen molar-refractivity contribution in [2.45, 2.75) is 200 Å². The van der Waals surface area contributed by atoms with Gasteiger partial charge < -0.3 is 26.0 Å². The minimum Gasteiger partial charge on any atom is -0.496 e. The zero-order valence-corrected chi connectivity index (χ0v) is 76.2. The van der Waals surface area contributed by atoms with E-state index in [9.17, 15) is 38.0 Å². The molecule has 2 aliphatic carbocycles. The van der Waals surface area contributed by atoms with E-state index in [1.54, 1.807) is 82.9 Å². The van der Waals surface area contributed by atoms with E-state index in [4.69, 9.17) is 16.3 Å². The van der Waals surface area contributed by atoms with Crippen LogP contribution in [-0.4, -0.2) is 125 Å². The Labute approximate surface area is 774 Å². The number of methoxy groups -OCH3 is 1. The van der Waals surface area contributed by atoms with Gasteiger partial charge in [-0.1, -0.05) is 212 Å². The Morgan fingerprint density at radius 2 is 0.802 bits per heavy atom. The highest BCUT2D eigenvalue weighted by Gasteiger charge is 2.45. The van der Waals surface area contributed by atoms with Gasteiger partial charge in [-0.25, -0.2) is 54.2 Å². The number of aromatic nitrogens is 10. The van der Waals surface area contributed by atoms with Gasteiger partial charge in [-0.05, 0) is 148 Å². The number of ether oxygens (including phenoxy) is 1. The summed E-state index contributed by atoms with van der Waals surface area (Å²) in [7, 11) is 4.97. The van der Waals surface area contributed by atoms with Crippen LogP contribution in [0.1, 0.15) is 248 Å². The van der Waals surface area contributed by atoms with Crippen LogP contribution in [0.2, 0.25) is 5.02 Å². The van der Waals surface area contributed by atoms with Gasteiger partial charge in [0.2, 0.25) is 23.7 Å². The van der Waals surface area contributed by atoms with Crippen molar-refractivity contribution in [3.8, 4) is 5.75 Å². The SMILES string of the molecule is C.CCC(=O)c1cnc(CC2(c3cccc(F)c3)CCCCC2)nc1.CCC(=O)c1cnc(CC2(c3ccccc3)CC2)nc1.CCC(=O)c1cnc(CCc2cc(C)ccc2OC)nc1.CNC(=O)CCCCCCNC(=O)c1cnc(N(c2ccccc2)c2ccccc2)nc1.CNC(=O)CCCCCCNC(=O)c1cnc(N(c2ccccc2)c2ccccc2Cl)nc1. The van der Waals surface area contributed by atoms with Crippen molar-refractivity contribution in [3.05, 3.63) is 328 Å². The number of aryl methyl sites for hydroxylation is 3. The number of carbonyl (C=O) groups is 7. The molecule has 2 saturated carbocycles. The predicted octanol–water partition coefficient (Wildman–Crippen LogP) is 21.2. The summed E-state index contributed by atoms with van der Waals surface area (Å²) in [5.41, 5.74) is 10.9. The van der Waals surface area contributed by atoms with E-state index < -0.39 is 0 Å². The first-order valence-corrected chi connectivity index (χ1v) is 45.3. The zero-order chi connectivity index (χ0) is 92.3. The van der Waals surface area contributed by atoms with Gasteiger partial charge in [-0.2, -0.15) is 0 Å². The molecule has 5 aromatic heterocycles. The summed E-state index contributed by atoms with van der Waals surface area (Å²) in [4.78, 5) is 130. The molecular formula is C105H122ClFN16O8. The van der Waals surface area contributed by atoms with Crippen LogP contribution in [0.15, 0.2) is 250 Å². The summed E-state index contributed by atoms with van der Waals surface area (Å²) >= 11 is 6.44. The van der Waals surface area contributed by atoms with Gasteiger partial charge in [-0.15, -0.1) is 0 Å². The fraction of sp³-hybridized carbons (Fsp3) is 0.343. The van der Waals surface area contributed by atoms with Crippen LogP contribution in [0.5, 0.6) is 5.75 Å². The van der Waals surface area contributed by atoms with Crippen molar-refractivity contribution in [1.29, 1.82) is 0 Å². The third kappa shape index (κ3) is 31.4. The number of anilines is 6. The lowest BCUT2D eigenvalue weighted by atomic mass is 9.67. The lowest BCUT2D eigenvalue weighted by Crippen LogP contribution is -2.32. The van der Waals surface area contributed by atoms with Gasteiger partial charge in [-0.3, -0.25) is 43.4 Å². The Morgan fingerprint density at radius 1 is 0.412 bits per heavy atom. The Hall–Kier alpha value is -13.6. The highest BCUT2D eigenvalue weighted by molar-refractivity contribution is 6.33. The fourth-order valence-corrected chi connectivity index (χ4v) is 15.3. The lowest BCUT2D eigenvalue weighted by Gasteiger charge is -2.37. The van der Waals surface area contributed by atoms with E-state index >= 15 is 0 Å². The highest BCUT2D eigenvalue weighted by Crippen LogP contribution is 2.50. The molecule has 0 spiro atoms. The number of hydrogen-bond acceptors (Lipinski definition) is 20. The van der Waals surface area contributed by atoms with Gasteiger partial charge in [0.1, 0.15) is 29.0 Å². The number of carbonyl (C=O) groups excluding carboxylic acids is 7. The molecule has 0 radical (unpaired) electrons. The number of nitrogens with zero attached hydrogens (tertiary/aromatic N) is 12. The molecule has 4 amide bonds. The van der Waals surface area contributed by atoms with Gasteiger partial charge in [0.05, 0.1) is 45.6 Å². The predicted molar refractivity (Wildman–Crippen MR) is 515 cm³/mol. The molecule has 14 rings (SSSR count). The van der Waals surface area contributed by atoms with Crippen molar-refractivity contribution in [2.24, 2.45) is 0 Å². The average molecular weight is 1790 g/mol. The molecule has 0 aliphatic heterocycles. The summed E-state index contributed by atoms with van der Waals surface area (Å²) in [6, 6.07) is 60.6. The van der Waals surface area contributed by atoms with Crippen molar-refractivity contribution in [3.63, 3.8) is 0 Å². The van der Waals surface area contributed by atoms with Crippen molar-refractivity contribution in [2.75, 3.05) is 44.1 Å². The third-order valence-corrected chi connectivity index (χ3v) is 23.0. The number of hydrogen-bond donors (Lipinski definition) is 4. The Kier molecular flexibility index (Phi) is 41.3. The maximum absolute atomic E-state index is 13.7. The molecule has 12 aromatic rings. The number of rotatable bonds is 38. The minimum atomic E-state index is -0.212. The number of Topliss-reactive ketones (excluding diaryl/α,β-unsaturated/α-hetero) is 3. The zero-order valence-electron chi connectivity index (χ0n) is 75.4. The molecule has 131 heavy (non-hydrogen) atoms. The van der Waals surface area contributed by atoms with Crippen LogP contribution < -0.4 is 35.8 Å². The Morgan fingerprint density at radius 3 is 1.22 bits per heavy atom. The molecule has 5 heterocycles. The monoisotopic (exact) mass is 1790 g/mol. The van der Waals surface area contributed by atoms with Crippen LogP contribution in [-0.2, 0) is 46.1 Å². The average Bonchev–Trinajstić information content (AvgIpc) is 1.67. The summed E-state index contributed by atoms with van der Waals surface area (Å²) in [5.74, 6) is 3.87. The van der Waals surface area contributed by atoms with Gasteiger partial charge in [0, 0.05) is 168 Å². The van der Waals surface area contributed by atoms with Crippen molar-refractivity contribution in [1.82, 2.24) is 71.1 Å². The normalized spacial score (nSPS) is 12.3. The number of nitrogens with one attached hydrogen (secondary N) is 4. The van der Waals surface area contributed by atoms with Crippen LogP contribution >= 0.6 is 11.6 Å². The van der Waals surface area contributed by atoms with Gasteiger partial charge in [0.25, 0.3) is 11.8 Å². The third-order valence-electron chi connectivity index (χ3n) is 22.7. The van der Waals surface area contributed by atoms with Crippen LogP contribution in [0.3, 0.4) is 0 Å². The quantitative estimate of drug-likeness (QED) is 0.0206. The number of ketones is 3. The molecule has 24 nitrogen and oxygen atoms in total. The standard InChI is InChI=1S/C25H28ClN5O2.C25H29N5O2.C20H23FN2O.C17H20N2O2.C17H18N2O.CH4/c1-27-23(32)15-7-2-3-10-16-28-24(33)19-17-29-25(30-18-19)31(20-11-5-4-6-12-20)22-14-9-8-13-21(22)26;1-26-23(31)16-10-2-3-11-17-27-24(32)20-18-28-25(29-19-20)30(21-12-6-4-7-13-21)22-14-8-5-9-15-22;1-2-18(24)15-13-22-19(23-14-15)12-20(9-4-3-5-10-20)16-7-6-8-17(21)11-16;1-4-15(20)14-10-18-17(19-11-14)8-6-13-9-12(2)5-7-16(13)21-3;1-2-15(20)13-11-18-16(19-12-13)10-17(8-9-17)14-6-4-3-5-7-14;/h4-6,8-9,11-14,17-18H,2-3,7,10,15-16H2,1H3,(H,27,32)(H,28,33);4-9,12-15,18-19H,2-3,10-11,16-17H2,1H3,(H,26,31)(H,27,32);6-8,11,13-14H,2-5,9-10,12H2,1H3;5,7,9-11H,4,6,8H2,1-3H3;3-7,11-12H,2,8-10H2,1H3;1H4. The van der Waals surface area contributed by atoms with Gasteiger partial charge >= 0.3 is 0 Å². The molecule has 0 bridgehead atoms. The van der Waals surface area contributed by atoms with E-state index in [0.717, 1.165) is 153 Å². The number of benzene rings is 7. The summed E-state index contributed by atoms with van der Waals surface area (Å²) in [6.07, 6.45) is 36.8. The molecule has 684 valence electrons. The maximum atomic E-state index is 13.7. The smallest absolute Gasteiger partial charge is 0.254 e.